The fourth-order valence-corrected chi connectivity index (χ4v) is 3.48. The molecule has 0 amide bonds. The summed E-state index contributed by atoms with van der Waals surface area (Å²) in [6.07, 6.45) is 4.61. The molecule has 2 heterocycles. The Balaban J connectivity index is 1.55. The lowest BCUT2D eigenvalue weighted by molar-refractivity contribution is 0.208. The van der Waals surface area contributed by atoms with E-state index in [9.17, 15) is 0 Å². The molecule has 1 aromatic heterocycles. The Bertz CT molecular complexity index is 711. The lowest BCUT2D eigenvalue weighted by Gasteiger charge is -2.25. The summed E-state index contributed by atoms with van der Waals surface area (Å²) in [6, 6.07) is 6.27. The van der Waals surface area contributed by atoms with Gasteiger partial charge in [-0.1, -0.05) is 5.16 Å². The van der Waals surface area contributed by atoms with E-state index in [1.807, 2.05) is 12.1 Å². The Morgan fingerprint density at radius 2 is 2.08 bits per heavy atom. The van der Waals surface area contributed by atoms with E-state index < -0.39 is 0 Å². The smallest absolute Gasteiger partial charge is 0.240 e. The van der Waals surface area contributed by atoms with Crippen LogP contribution in [0.2, 0.25) is 0 Å². The molecular weight excluding hydrogens is 306 g/mol. The molecule has 1 aliphatic carbocycles. The van der Waals surface area contributed by atoms with Gasteiger partial charge in [0.25, 0.3) is 0 Å². The normalized spacial score (nSPS) is 21.2. The Morgan fingerprint density at radius 1 is 1.21 bits per heavy atom. The highest BCUT2D eigenvalue weighted by Gasteiger charge is 2.32. The number of benzene rings is 1. The molecule has 6 nitrogen and oxygen atoms in total. The van der Waals surface area contributed by atoms with Crippen LogP contribution in [-0.4, -0.2) is 35.8 Å². The molecule has 0 bridgehead atoms. The molecule has 0 spiro atoms. The van der Waals surface area contributed by atoms with Crippen molar-refractivity contribution in [3.8, 4) is 11.5 Å². The van der Waals surface area contributed by atoms with Gasteiger partial charge in [0, 0.05) is 17.5 Å². The van der Waals surface area contributed by atoms with E-state index in [1.54, 1.807) is 14.2 Å². The number of rotatable bonds is 6. The maximum atomic E-state index is 5.57. The van der Waals surface area contributed by atoms with Gasteiger partial charge in [-0.3, -0.25) is 4.90 Å². The van der Waals surface area contributed by atoms with Crippen LogP contribution >= 0.6 is 0 Å². The Hall–Kier alpha value is -2.08. The van der Waals surface area contributed by atoms with Crippen LogP contribution in [0.15, 0.2) is 22.7 Å². The zero-order valence-electron chi connectivity index (χ0n) is 14.2. The van der Waals surface area contributed by atoms with Crippen molar-refractivity contribution >= 4 is 0 Å². The van der Waals surface area contributed by atoms with Crippen molar-refractivity contribution in [1.29, 1.82) is 0 Å². The summed E-state index contributed by atoms with van der Waals surface area (Å²) in [5, 5.41) is 4.12. The molecule has 6 heteroatoms. The van der Waals surface area contributed by atoms with Crippen LogP contribution in [0.4, 0.5) is 0 Å². The van der Waals surface area contributed by atoms with Crippen molar-refractivity contribution in [2.75, 3.05) is 20.8 Å². The molecule has 1 aromatic carbocycles. The van der Waals surface area contributed by atoms with E-state index in [0.29, 0.717) is 18.4 Å². The average molecular weight is 329 g/mol. The molecule has 0 N–H and O–H groups in total. The lowest BCUT2D eigenvalue weighted by atomic mass is 10.0. The number of methoxy groups -OCH3 is 2. The first-order chi connectivity index (χ1) is 11.8. The van der Waals surface area contributed by atoms with E-state index in [-0.39, 0.29) is 6.04 Å². The minimum atomic E-state index is 0.284. The molecule has 1 atom stereocenters. The van der Waals surface area contributed by atoms with Crippen LogP contribution in [0.5, 0.6) is 11.5 Å². The maximum absolute atomic E-state index is 5.57. The molecule has 1 saturated heterocycles. The summed E-state index contributed by atoms with van der Waals surface area (Å²) >= 11 is 0. The van der Waals surface area contributed by atoms with Gasteiger partial charge >= 0.3 is 0 Å². The highest BCUT2D eigenvalue weighted by atomic mass is 16.5. The Kier molecular flexibility index (Phi) is 4.14. The van der Waals surface area contributed by atoms with E-state index in [2.05, 4.69) is 21.1 Å². The van der Waals surface area contributed by atoms with Crippen molar-refractivity contribution in [3.05, 3.63) is 35.5 Å². The molecule has 24 heavy (non-hydrogen) atoms. The fourth-order valence-electron chi connectivity index (χ4n) is 3.48. The third-order valence-electron chi connectivity index (χ3n) is 4.92. The van der Waals surface area contributed by atoms with Gasteiger partial charge in [-0.15, -0.1) is 0 Å². The summed E-state index contributed by atoms with van der Waals surface area (Å²) in [7, 11) is 3.40. The summed E-state index contributed by atoms with van der Waals surface area (Å²) in [4.78, 5) is 6.96. The molecular formula is C18H23N3O3. The number of aromatic nitrogens is 2. The quantitative estimate of drug-likeness (QED) is 0.810. The number of hydrogen-bond donors (Lipinski definition) is 0. The third-order valence-corrected chi connectivity index (χ3v) is 4.92. The number of ether oxygens (including phenoxy) is 2. The van der Waals surface area contributed by atoms with E-state index in [0.717, 1.165) is 42.3 Å². The molecule has 1 saturated carbocycles. The lowest BCUT2D eigenvalue weighted by Crippen LogP contribution is -2.23. The van der Waals surface area contributed by atoms with Crippen LogP contribution in [0.25, 0.3) is 0 Å². The predicted molar refractivity (Wildman–Crippen MR) is 88.2 cm³/mol. The topological polar surface area (TPSA) is 60.6 Å². The SMILES string of the molecule is COc1ccc(OC)c([C@H]2CCCN2Cc2nc(C3CC3)no2)c1. The van der Waals surface area contributed by atoms with Crippen LogP contribution < -0.4 is 9.47 Å². The second-order valence-electron chi connectivity index (χ2n) is 6.56. The van der Waals surface area contributed by atoms with E-state index >= 15 is 0 Å². The monoisotopic (exact) mass is 329 g/mol. The van der Waals surface area contributed by atoms with Gasteiger partial charge in [0.05, 0.1) is 20.8 Å². The molecule has 2 aromatic rings. The van der Waals surface area contributed by atoms with Crippen molar-refractivity contribution in [1.82, 2.24) is 15.0 Å². The average Bonchev–Trinajstić information content (AvgIpc) is 3.19. The number of likely N-dealkylation sites (tertiary alicyclic amines) is 1. The van der Waals surface area contributed by atoms with Crippen LogP contribution in [-0.2, 0) is 6.54 Å². The molecule has 4 rings (SSSR count). The van der Waals surface area contributed by atoms with E-state index in [1.165, 1.54) is 12.8 Å². The molecule has 2 fully saturated rings. The van der Waals surface area contributed by atoms with Gasteiger partial charge in [-0.25, -0.2) is 0 Å². The predicted octanol–water partition coefficient (Wildman–Crippen LogP) is 3.30. The van der Waals surface area contributed by atoms with Crippen molar-refractivity contribution in [2.24, 2.45) is 0 Å². The minimum Gasteiger partial charge on any atom is -0.497 e. The summed E-state index contributed by atoms with van der Waals surface area (Å²) < 4.78 is 16.4. The fraction of sp³-hybridized carbons (Fsp3) is 0.556. The standard InChI is InChI=1S/C18H23N3O3/c1-22-13-7-8-16(23-2)14(10-13)15-4-3-9-21(15)11-17-19-18(20-24-17)12-5-6-12/h7-8,10,12,15H,3-6,9,11H2,1-2H3/t15-/m1/s1. The van der Waals surface area contributed by atoms with Gasteiger partial charge in [-0.2, -0.15) is 4.98 Å². The van der Waals surface area contributed by atoms with Gasteiger partial charge < -0.3 is 14.0 Å². The van der Waals surface area contributed by atoms with Crippen LogP contribution in [0.3, 0.4) is 0 Å². The van der Waals surface area contributed by atoms with Gasteiger partial charge in [-0.05, 0) is 50.4 Å². The van der Waals surface area contributed by atoms with Gasteiger partial charge in [0.15, 0.2) is 5.82 Å². The molecule has 1 aliphatic heterocycles. The number of hydrogen-bond acceptors (Lipinski definition) is 6. The van der Waals surface area contributed by atoms with Crippen molar-refractivity contribution in [3.63, 3.8) is 0 Å². The molecule has 0 radical (unpaired) electrons. The summed E-state index contributed by atoms with van der Waals surface area (Å²) in [6.45, 7) is 1.71. The highest BCUT2D eigenvalue weighted by molar-refractivity contribution is 5.42. The third kappa shape index (κ3) is 2.98. The van der Waals surface area contributed by atoms with Gasteiger partial charge in [0.2, 0.25) is 5.89 Å². The second-order valence-corrected chi connectivity index (χ2v) is 6.56. The van der Waals surface area contributed by atoms with Gasteiger partial charge in [0.1, 0.15) is 11.5 Å². The summed E-state index contributed by atoms with van der Waals surface area (Å²) in [5.74, 6) is 3.86. The Labute approximate surface area is 141 Å². The summed E-state index contributed by atoms with van der Waals surface area (Å²) in [5.41, 5.74) is 1.16. The molecule has 0 unspecified atom stereocenters. The first-order valence-corrected chi connectivity index (χ1v) is 8.57. The first-order valence-electron chi connectivity index (χ1n) is 8.57. The zero-order chi connectivity index (χ0) is 16.5. The van der Waals surface area contributed by atoms with Crippen molar-refractivity contribution in [2.45, 2.75) is 44.2 Å². The van der Waals surface area contributed by atoms with Crippen molar-refractivity contribution < 1.29 is 14.0 Å². The maximum Gasteiger partial charge on any atom is 0.240 e. The number of nitrogens with zero attached hydrogens (tertiary/aromatic N) is 3. The second kappa shape index (κ2) is 6.43. The van der Waals surface area contributed by atoms with Crippen LogP contribution in [0.1, 0.15) is 54.9 Å². The van der Waals surface area contributed by atoms with E-state index in [4.69, 9.17) is 14.0 Å². The zero-order valence-corrected chi connectivity index (χ0v) is 14.2. The highest BCUT2D eigenvalue weighted by Crippen LogP contribution is 2.40. The largest absolute Gasteiger partial charge is 0.497 e. The molecule has 128 valence electrons. The molecule has 2 aliphatic rings. The van der Waals surface area contributed by atoms with Crippen LogP contribution in [0, 0.1) is 0 Å². The minimum absolute atomic E-state index is 0.284. The first kappa shape index (κ1) is 15.4. The Morgan fingerprint density at radius 3 is 2.83 bits per heavy atom.